The Morgan fingerprint density at radius 2 is 1.91 bits per heavy atom. The van der Waals surface area contributed by atoms with Crippen LogP contribution in [0.4, 0.5) is 11.5 Å². The lowest BCUT2D eigenvalue weighted by atomic mass is 10.1. The molecule has 1 N–H and O–H groups in total. The molecule has 0 saturated carbocycles. The summed E-state index contributed by atoms with van der Waals surface area (Å²) in [7, 11) is 0. The van der Waals surface area contributed by atoms with Crippen molar-refractivity contribution in [1.29, 1.82) is 0 Å². The Labute approximate surface area is 188 Å². The molecule has 9 nitrogen and oxygen atoms in total. The van der Waals surface area contributed by atoms with Crippen LogP contribution in [0, 0.1) is 17.0 Å². The van der Waals surface area contributed by atoms with Gasteiger partial charge in [-0.1, -0.05) is 35.9 Å². The Morgan fingerprint density at radius 1 is 1.12 bits per heavy atom. The maximum absolute atomic E-state index is 12.6. The summed E-state index contributed by atoms with van der Waals surface area (Å²) in [6.45, 7) is 2.83. The third kappa shape index (κ3) is 5.01. The third-order valence-corrected chi connectivity index (χ3v) is 5.07. The fourth-order valence-electron chi connectivity index (χ4n) is 3.21. The summed E-state index contributed by atoms with van der Waals surface area (Å²) in [5.74, 6) is 0.182. The topological polar surface area (TPSA) is 108 Å². The van der Waals surface area contributed by atoms with E-state index in [2.05, 4.69) is 15.5 Å². The van der Waals surface area contributed by atoms with Crippen molar-refractivity contribution in [2.24, 2.45) is 0 Å². The van der Waals surface area contributed by atoms with Crippen molar-refractivity contribution in [2.45, 2.75) is 20.0 Å². The first-order chi connectivity index (χ1) is 15.4. The fraction of sp³-hybridized carbons (Fsp3) is 0.136. The van der Waals surface area contributed by atoms with Crippen LogP contribution in [0.25, 0.3) is 0 Å². The molecule has 0 unspecified atom stereocenters. The number of carbonyl (C=O) groups excluding carboxylic acids is 1. The SMILES string of the molecule is Cc1cc(NC(=O)c2ccc(Cn3cc([N+](=O)[O-])cn3)cc2)nn1Cc1cccc(Cl)c1. The van der Waals surface area contributed by atoms with Crippen LogP contribution in [0.1, 0.15) is 27.2 Å². The van der Waals surface area contributed by atoms with Crippen molar-refractivity contribution in [2.75, 3.05) is 5.32 Å². The van der Waals surface area contributed by atoms with E-state index < -0.39 is 4.92 Å². The molecule has 0 aliphatic carbocycles. The van der Waals surface area contributed by atoms with Gasteiger partial charge in [-0.25, -0.2) is 0 Å². The smallest absolute Gasteiger partial charge is 0.305 e. The lowest BCUT2D eigenvalue weighted by Crippen LogP contribution is -2.13. The summed E-state index contributed by atoms with van der Waals surface area (Å²) in [6, 6.07) is 16.3. The monoisotopic (exact) mass is 450 g/mol. The first-order valence-electron chi connectivity index (χ1n) is 9.73. The number of carbonyl (C=O) groups is 1. The van der Waals surface area contributed by atoms with Gasteiger partial charge in [0.1, 0.15) is 12.4 Å². The second kappa shape index (κ2) is 9.03. The zero-order chi connectivity index (χ0) is 22.7. The highest BCUT2D eigenvalue weighted by Gasteiger charge is 2.12. The average Bonchev–Trinajstić information content (AvgIpc) is 3.35. The molecule has 2 heterocycles. The van der Waals surface area contributed by atoms with Crippen molar-refractivity contribution in [3.05, 3.63) is 105 Å². The molecule has 0 spiro atoms. The maximum Gasteiger partial charge on any atom is 0.307 e. The van der Waals surface area contributed by atoms with Crippen molar-refractivity contribution in [1.82, 2.24) is 19.6 Å². The number of halogens is 1. The fourth-order valence-corrected chi connectivity index (χ4v) is 3.42. The molecule has 0 radical (unpaired) electrons. The molecule has 162 valence electrons. The van der Waals surface area contributed by atoms with Crippen LogP contribution < -0.4 is 5.32 Å². The number of hydrogen-bond acceptors (Lipinski definition) is 5. The number of anilines is 1. The number of nitrogens with one attached hydrogen (secondary N) is 1. The molecule has 32 heavy (non-hydrogen) atoms. The third-order valence-electron chi connectivity index (χ3n) is 4.84. The van der Waals surface area contributed by atoms with Crippen LogP contribution in [0.15, 0.2) is 67.0 Å². The second-order valence-electron chi connectivity index (χ2n) is 7.26. The van der Waals surface area contributed by atoms with E-state index in [0.717, 1.165) is 16.8 Å². The minimum Gasteiger partial charge on any atom is -0.305 e. The number of nitro groups is 1. The highest BCUT2D eigenvalue weighted by atomic mass is 35.5. The Morgan fingerprint density at radius 3 is 2.59 bits per heavy atom. The highest BCUT2D eigenvalue weighted by molar-refractivity contribution is 6.30. The highest BCUT2D eigenvalue weighted by Crippen LogP contribution is 2.16. The number of aromatic nitrogens is 4. The Kier molecular flexibility index (Phi) is 6.00. The predicted octanol–water partition coefficient (Wildman–Crippen LogP) is 4.30. The summed E-state index contributed by atoms with van der Waals surface area (Å²) >= 11 is 6.04. The minimum atomic E-state index is -0.491. The Balaban J connectivity index is 1.40. The molecule has 2 aromatic carbocycles. The van der Waals surface area contributed by atoms with E-state index in [4.69, 9.17) is 11.6 Å². The van der Waals surface area contributed by atoms with E-state index in [9.17, 15) is 14.9 Å². The number of hydrogen-bond donors (Lipinski definition) is 1. The van der Waals surface area contributed by atoms with Gasteiger partial charge in [-0.2, -0.15) is 10.2 Å². The normalized spacial score (nSPS) is 10.8. The number of amides is 1. The number of benzene rings is 2. The lowest BCUT2D eigenvalue weighted by Gasteiger charge is -2.06. The summed E-state index contributed by atoms with van der Waals surface area (Å²) in [5.41, 5.74) is 3.19. The van der Waals surface area contributed by atoms with Crippen molar-refractivity contribution >= 4 is 29.0 Å². The molecular formula is C22H19ClN6O3. The summed E-state index contributed by atoms with van der Waals surface area (Å²) in [5, 5.41) is 22.7. The van der Waals surface area contributed by atoms with Gasteiger partial charge in [0, 0.05) is 22.3 Å². The van der Waals surface area contributed by atoms with E-state index in [1.165, 1.54) is 17.1 Å². The summed E-state index contributed by atoms with van der Waals surface area (Å²) in [6.07, 6.45) is 2.57. The number of aryl methyl sites for hydroxylation is 1. The van der Waals surface area contributed by atoms with E-state index in [-0.39, 0.29) is 11.6 Å². The first kappa shape index (κ1) is 21.3. The summed E-state index contributed by atoms with van der Waals surface area (Å²) < 4.78 is 3.27. The molecule has 2 aromatic heterocycles. The number of rotatable bonds is 7. The maximum atomic E-state index is 12.6. The molecule has 0 atom stereocenters. The average molecular weight is 451 g/mol. The quantitative estimate of drug-likeness (QED) is 0.333. The number of nitrogens with zero attached hydrogens (tertiary/aromatic N) is 5. The van der Waals surface area contributed by atoms with Crippen molar-refractivity contribution < 1.29 is 9.72 Å². The van der Waals surface area contributed by atoms with Gasteiger partial charge in [-0.05, 0) is 42.3 Å². The first-order valence-corrected chi connectivity index (χ1v) is 10.1. The van der Waals surface area contributed by atoms with Gasteiger partial charge in [0.05, 0.1) is 18.0 Å². The molecule has 0 bridgehead atoms. The largest absolute Gasteiger partial charge is 0.307 e. The Hall–Kier alpha value is -3.98. The van der Waals surface area contributed by atoms with Crippen LogP contribution in [0.5, 0.6) is 0 Å². The molecule has 0 aliphatic rings. The van der Waals surface area contributed by atoms with Gasteiger partial charge >= 0.3 is 5.69 Å². The predicted molar refractivity (Wildman–Crippen MR) is 120 cm³/mol. The van der Waals surface area contributed by atoms with E-state index in [1.807, 2.05) is 31.2 Å². The molecule has 1 amide bonds. The van der Waals surface area contributed by atoms with Gasteiger partial charge in [-0.15, -0.1) is 0 Å². The van der Waals surface area contributed by atoms with E-state index in [0.29, 0.717) is 29.5 Å². The van der Waals surface area contributed by atoms with E-state index in [1.54, 1.807) is 35.0 Å². The Bertz CT molecular complexity index is 1280. The molecule has 0 fully saturated rings. The molecule has 0 saturated heterocycles. The van der Waals surface area contributed by atoms with Crippen LogP contribution in [0.3, 0.4) is 0 Å². The molecular weight excluding hydrogens is 432 g/mol. The minimum absolute atomic E-state index is 0.0638. The standard InChI is InChI=1S/C22H19ClN6O3/c1-15-9-21(26-28(15)13-17-3-2-4-19(23)10-17)25-22(30)18-7-5-16(6-8-18)12-27-14-20(11-24-27)29(31)32/h2-11,14H,12-13H2,1H3,(H,25,26,30). The zero-order valence-corrected chi connectivity index (χ0v) is 17.9. The van der Waals surface area contributed by atoms with Crippen molar-refractivity contribution in [3.8, 4) is 0 Å². The van der Waals surface area contributed by atoms with Crippen molar-refractivity contribution in [3.63, 3.8) is 0 Å². The van der Waals surface area contributed by atoms with Gasteiger partial charge in [0.15, 0.2) is 5.82 Å². The molecule has 4 rings (SSSR count). The van der Waals surface area contributed by atoms with Crippen LogP contribution in [-0.2, 0) is 13.1 Å². The van der Waals surface area contributed by atoms with Gasteiger partial charge in [-0.3, -0.25) is 24.3 Å². The van der Waals surface area contributed by atoms with Crippen LogP contribution in [0.2, 0.25) is 5.02 Å². The summed E-state index contributed by atoms with van der Waals surface area (Å²) in [4.78, 5) is 22.9. The zero-order valence-electron chi connectivity index (χ0n) is 17.1. The van der Waals surface area contributed by atoms with Gasteiger partial charge < -0.3 is 5.32 Å². The van der Waals surface area contributed by atoms with Crippen LogP contribution in [-0.4, -0.2) is 30.4 Å². The lowest BCUT2D eigenvalue weighted by molar-refractivity contribution is -0.385. The van der Waals surface area contributed by atoms with Gasteiger partial charge in [0.2, 0.25) is 0 Å². The molecule has 4 aromatic rings. The van der Waals surface area contributed by atoms with E-state index >= 15 is 0 Å². The van der Waals surface area contributed by atoms with Gasteiger partial charge in [0.25, 0.3) is 5.91 Å². The second-order valence-corrected chi connectivity index (χ2v) is 7.70. The molecule has 0 aliphatic heterocycles. The molecule has 10 heteroatoms. The van der Waals surface area contributed by atoms with Crippen LogP contribution >= 0.6 is 11.6 Å².